The molecule has 0 atom stereocenters. The largest absolute Gasteiger partial charge is 0.379 e. The zero-order chi connectivity index (χ0) is 19.1. The molecule has 0 amide bonds. The predicted molar refractivity (Wildman–Crippen MR) is 112 cm³/mol. The maximum atomic E-state index is 5.50. The molecule has 4 heterocycles. The van der Waals surface area contributed by atoms with Gasteiger partial charge in [-0.05, 0) is 25.7 Å². The molecule has 7 nitrogen and oxygen atoms in total. The normalized spacial score (nSPS) is 24.1. The summed E-state index contributed by atoms with van der Waals surface area (Å²) in [6.45, 7) is 3.90. The molecular formula is C20H26N6OS. The molecule has 1 saturated heterocycles. The number of morpholine rings is 1. The molecule has 0 unspecified atom stereocenters. The third-order valence-electron chi connectivity index (χ3n) is 6.19. The van der Waals surface area contributed by atoms with Gasteiger partial charge in [-0.3, -0.25) is 13.6 Å². The summed E-state index contributed by atoms with van der Waals surface area (Å²) in [5.74, 6) is 0.485. The second-order valence-corrected chi connectivity index (χ2v) is 8.34. The van der Waals surface area contributed by atoms with E-state index in [9.17, 15) is 0 Å². The van der Waals surface area contributed by atoms with Crippen LogP contribution in [0.15, 0.2) is 24.8 Å². The molecule has 2 fully saturated rings. The molecule has 148 valence electrons. The number of aryl methyl sites for hydroxylation is 1. The summed E-state index contributed by atoms with van der Waals surface area (Å²) < 4.78 is 9.06. The van der Waals surface area contributed by atoms with Gasteiger partial charge in [-0.15, -0.1) is 0 Å². The van der Waals surface area contributed by atoms with Crippen LogP contribution in [0.4, 0.5) is 0 Å². The molecule has 2 aliphatic rings. The van der Waals surface area contributed by atoms with Crippen molar-refractivity contribution < 1.29 is 4.74 Å². The standard InChI is InChI=1S/C20H26N6OS/c1-24-12-15(10-22-24)17-13-26(28)20-19(17)23-18(11-21-20)14-2-4-16(5-3-14)25-6-8-27-9-7-25/h10-14,16,28H,2-9H2,1H3/t14-,16-. The van der Waals surface area contributed by atoms with Crippen molar-refractivity contribution in [2.75, 3.05) is 26.3 Å². The van der Waals surface area contributed by atoms with E-state index in [0.29, 0.717) is 12.0 Å². The van der Waals surface area contributed by atoms with Crippen molar-refractivity contribution in [1.29, 1.82) is 0 Å². The van der Waals surface area contributed by atoms with Crippen LogP contribution in [0.5, 0.6) is 0 Å². The van der Waals surface area contributed by atoms with Crippen molar-refractivity contribution in [2.45, 2.75) is 37.6 Å². The van der Waals surface area contributed by atoms with Crippen molar-refractivity contribution in [2.24, 2.45) is 7.05 Å². The number of hydrogen-bond donors (Lipinski definition) is 1. The molecule has 0 radical (unpaired) electrons. The highest BCUT2D eigenvalue weighted by Crippen LogP contribution is 2.36. The Bertz CT molecular complexity index is 968. The van der Waals surface area contributed by atoms with Gasteiger partial charge in [0.15, 0.2) is 5.65 Å². The second-order valence-electron chi connectivity index (χ2n) is 7.91. The summed E-state index contributed by atoms with van der Waals surface area (Å²) >= 11 is 4.53. The van der Waals surface area contributed by atoms with Crippen LogP contribution in [0.1, 0.15) is 37.3 Å². The summed E-state index contributed by atoms with van der Waals surface area (Å²) in [5.41, 5.74) is 4.90. The quantitative estimate of drug-likeness (QED) is 0.688. The summed E-state index contributed by atoms with van der Waals surface area (Å²) in [6, 6.07) is 0.696. The van der Waals surface area contributed by atoms with Crippen LogP contribution < -0.4 is 0 Å². The smallest absolute Gasteiger partial charge is 0.169 e. The molecule has 0 bridgehead atoms. The van der Waals surface area contributed by atoms with Crippen LogP contribution in [-0.4, -0.2) is 61.0 Å². The fourth-order valence-corrected chi connectivity index (χ4v) is 4.90. The lowest BCUT2D eigenvalue weighted by molar-refractivity contribution is 0.00721. The average Bonchev–Trinajstić information content (AvgIpc) is 3.32. The Morgan fingerprint density at radius 3 is 2.57 bits per heavy atom. The number of rotatable bonds is 3. The molecule has 8 heteroatoms. The Morgan fingerprint density at radius 1 is 1.07 bits per heavy atom. The lowest BCUT2D eigenvalue weighted by Crippen LogP contribution is -2.44. The van der Waals surface area contributed by atoms with E-state index in [0.717, 1.165) is 54.3 Å². The Hall–Kier alpha value is -1.90. The minimum atomic E-state index is 0.485. The summed E-state index contributed by atoms with van der Waals surface area (Å²) in [7, 11) is 1.92. The first-order valence-electron chi connectivity index (χ1n) is 10.1. The Morgan fingerprint density at radius 2 is 1.86 bits per heavy atom. The molecule has 1 aliphatic carbocycles. The van der Waals surface area contributed by atoms with Crippen molar-refractivity contribution in [3.05, 3.63) is 30.5 Å². The minimum Gasteiger partial charge on any atom is -0.379 e. The van der Waals surface area contributed by atoms with Gasteiger partial charge in [-0.25, -0.2) is 9.97 Å². The van der Waals surface area contributed by atoms with E-state index in [1.54, 1.807) is 8.65 Å². The lowest BCUT2D eigenvalue weighted by Gasteiger charge is -2.38. The van der Waals surface area contributed by atoms with E-state index in [2.05, 4.69) is 27.8 Å². The third-order valence-corrected chi connectivity index (χ3v) is 6.49. The Balaban J connectivity index is 1.38. The summed E-state index contributed by atoms with van der Waals surface area (Å²) in [5, 5.41) is 4.29. The molecule has 1 aliphatic heterocycles. The van der Waals surface area contributed by atoms with Gasteiger partial charge >= 0.3 is 0 Å². The number of ether oxygens (including phenoxy) is 1. The van der Waals surface area contributed by atoms with Crippen LogP contribution in [0, 0.1) is 0 Å². The number of fused-ring (bicyclic) bond motifs is 1. The Kier molecular flexibility index (Phi) is 4.86. The molecule has 3 aromatic rings. The zero-order valence-electron chi connectivity index (χ0n) is 16.2. The topological polar surface area (TPSA) is 61.0 Å². The van der Waals surface area contributed by atoms with Crippen molar-refractivity contribution in [3.63, 3.8) is 0 Å². The highest BCUT2D eigenvalue weighted by Gasteiger charge is 2.28. The molecular weight excluding hydrogens is 372 g/mol. The first kappa shape index (κ1) is 18.1. The molecule has 0 spiro atoms. The van der Waals surface area contributed by atoms with E-state index in [-0.39, 0.29) is 0 Å². The maximum absolute atomic E-state index is 5.50. The summed E-state index contributed by atoms with van der Waals surface area (Å²) in [6.07, 6.45) is 12.6. The van der Waals surface area contributed by atoms with E-state index in [1.165, 1.54) is 25.7 Å². The van der Waals surface area contributed by atoms with Gasteiger partial charge in [0.05, 0.1) is 31.3 Å². The first-order chi connectivity index (χ1) is 13.7. The van der Waals surface area contributed by atoms with Crippen molar-refractivity contribution in [3.8, 4) is 11.1 Å². The van der Waals surface area contributed by atoms with Crippen LogP contribution >= 0.6 is 12.8 Å². The van der Waals surface area contributed by atoms with Gasteiger partial charge in [-0.1, -0.05) is 12.8 Å². The molecule has 1 saturated carbocycles. The van der Waals surface area contributed by atoms with Crippen molar-refractivity contribution >= 4 is 24.0 Å². The van der Waals surface area contributed by atoms with E-state index in [4.69, 9.17) is 9.72 Å². The van der Waals surface area contributed by atoms with E-state index in [1.807, 2.05) is 31.8 Å². The fraction of sp³-hybridized carbons (Fsp3) is 0.550. The van der Waals surface area contributed by atoms with Crippen LogP contribution in [-0.2, 0) is 11.8 Å². The third kappa shape index (κ3) is 3.33. The maximum Gasteiger partial charge on any atom is 0.169 e. The summed E-state index contributed by atoms with van der Waals surface area (Å²) in [4.78, 5) is 12.3. The number of aromatic nitrogens is 5. The zero-order valence-corrected chi connectivity index (χ0v) is 17.1. The molecule has 5 rings (SSSR count). The molecule has 3 aromatic heterocycles. The number of thiol groups is 1. The highest BCUT2D eigenvalue weighted by atomic mass is 32.1. The van der Waals surface area contributed by atoms with Gasteiger partial charge in [-0.2, -0.15) is 5.10 Å². The van der Waals surface area contributed by atoms with E-state index < -0.39 is 0 Å². The molecule has 0 N–H and O–H groups in total. The van der Waals surface area contributed by atoms with Gasteiger partial charge in [0.25, 0.3) is 0 Å². The van der Waals surface area contributed by atoms with Gasteiger partial charge < -0.3 is 4.74 Å². The van der Waals surface area contributed by atoms with Gasteiger partial charge in [0, 0.05) is 55.6 Å². The molecule has 0 aromatic carbocycles. The Labute approximate surface area is 170 Å². The SMILES string of the molecule is Cn1cc(-c2cn(S)c3ncc([C@H]4CC[C@H](N5CCOCC5)CC4)nc23)cn1. The predicted octanol–water partition coefficient (Wildman–Crippen LogP) is 2.88. The fourth-order valence-electron chi connectivity index (χ4n) is 4.64. The minimum absolute atomic E-state index is 0.485. The first-order valence-corrected chi connectivity index (χ1v) is 10.5. The van der Waals surface area contributed by atoms with Gasteiger partial charge in [0.1, 0.15) is 5.52 Å². The molecule has 28 heavy (non-hydrogen) atoms. The lowest BCUT2D eigenvalue weighted by atomic mass is 9.83. The van der Waals surface area contributed by atoms with Crippen LogP contribution in [0.3, 0.4) is 0 Å². The van der Waals surface area contributed by atoms with Crippen LogP contribution in [0.2, 0.25) is 0 Å². The highest BCUT2D eigenvalue weighted by molar-refractivity contribution is 7.78. The second kappa shape index (κ2) is 7.50. The van der Waals surface area contributed by atoms with Crippen LogP contribution in [0.25, 0.3) is 22.3 Å². The number of nitrogens with zero attached hydrogens (tertiary/aromatic N) is 6. The monoisotopic (exact) mass is 398 g/mol. The van der Waals surface area contributed by atoms with E-state index >= 15 is 0 Å². The van der Waals surface area contributed by atoms with Gasteiger partial charge in [0.2, 0.25) is 0 Å². The number of hydrogen-bond acceptors (Lipinski definition) is 6. The van der Waals surface area contributed by atoms with Crippen molar-refractivity contribution in [1.82, 2.24) is 28.6 Å². The average molecular weight is 399 g/mol.